The van der Waals surface area contributed by atoms with Crippen molar-refractivity contribution in [3.8, 4) is 0 Å². The Labute approximate surface area is 113 Å². The molecule has 0 aliphatic heterocycles. The van der Waals surface area contributed by atoms with Crippen molar-refractivity contribution < 1.29 is 9.13 Å². The molecule has 0 aromatic heterocycles. The Morgan fingerprint density at radius 2 is 2.22 bits per heavy atom. The fourth-order valence-electron chi connectivity index (χ4n) is 1.90. The molecule has 0 bridgehead atoms. The van der Waals surface area contributed by atoms with Gasteiger partial charge in [0.1, 0.15) is 5.82 Å². The van der Waals surface area contributed by atoms with Gasteiger partial charge in [0, 0.05) is 30.3 Å². The zero-order chi connectivity index (χ0) is 13.4. The monoisotopic (exact) mass is 273 g/mol. The van der Waals surface area contributed by atoms with E-state index in [0.29, 0.717) is 17.2 Å². The lowest BCUT2D eigenvalue weighted by Crippen LogP contribution is -2.23. The van der Waals surface area contributed by atoms with E-state index < -0.39 is 0 Å². The molecule has 1 rings (SSSR count). The summed E-state index contributed by atoms with van der Waals surface area (Å²) in [4.78, 5) is 0. The molecule has 0 saturated heterocycles. The van der Waals surface area contributed by atoms with E-state index in [2.05, 4.69) is 12.2 Å². The molecule has 1 atom stereocenters. The average molecular weight is 274 g/mol. The molecule has 0 spiro atoms. The van der Waals surface area contributed by atoms with Crippen LogP contribution in [0.4, 0.5) is 4.39 Å². The summed E-state index contributed by atoms with van der Waals surface area (Å²) >= 11 is 5.77. The lowest BCUT2D eigenvalue weighted by molar-refractivity contribution is 0.188. The second-order valence-corrected chi connectivity index (χ2v) is 4.74. The van der Waals surface area contributed by atoms with Crippen LogP contribution in [-0.4, -0.2) is 20.3 Å². The minimum atomic E-state index is -0.242. The van der Waals surface area contributed by atoms with Crippen LogP contribution in [0.25, 0.3) is 0 Å². The zero-order valence-corrected chi connectivity index (χ0v) is 11.8. The van der Waals surface area contributed by atoms with Crippen LogP contribution in [0.3, 0.4) is 0 Å². The molecule has 0 radical (unpaired) electrons. The molecule has 1 aromatic carbocycles. The molecular formula is C14H21ClFNO. The Morgan fingerprint density at radius 1 is 1.44 bits per heavy atom. The van der Waals surface area contributed by atoms with E-state index in [4.69, 9.17) is 16.3 Å². The first-order valence-corrected chi connectivity index (χ1v) is 6.74. The van der Waals surface area contributed by atoms with Gasteiger partial charge < -0.3 is 10.1 Å². The van der Waals surface area contributed by atoms with Crippen molar-refractivity contribution in [3.63, 3.8) is 0 Å². The van der Waals surface area contributed by atoms with Gasteiger partial charge in [-0.1, -0.05) is 24.6 Å². The van der Waals surface area contributed by atoms with Crippen LogP contribution in [0.5, 0.6) is 0 Å². The highest BCUT2D eigenvalue weighted by atomic mass is 35.5. The number of benzene rings is 1. The van der Waals surface area contributed by atoms with Crippen LogP contribution in [0.15, 0.2) is 18.2 Å². The van der Waals surface area contributed by atoms with Gasteiger partial charge >= 0.3 is 0 Å². The topological polar surface area (TPSA) is 21.3 Å². The Kier molecular flexibility index (Phi) is 7.25. The minimum absolute atomic E-state index is 0.0253. The van der Waals surface area contributed by atoms with E-state index >= 15 is 0 Å². The highest BCUT2D eigenvalue weighted by Gasteiger charge is 2.14. The second-order valence-electron chi connectivity index (χ2n) is 4.31. The summed E-state index contributed by atoms with van der Waals surface area (Å²) < 4.78 is 18.9. The summed E-state index contributed by atoms with van der Waals surface area (Å²) in [5.41, 5.74) is 0.684. The fraction of sp³-hybridized carbons (Fsp3) is 0.571. The maximum absolute atomic E-state index is 13.9. The van der Waals surface area contributed by atoms with Gasteiger partial charge in [0.25, 0.3) is 0 Å². The molecule has 4 heteroatoms. The van der Waals surface area contributed by atoms with Crippen molar-refractivity contribution >= 4 is 11.6 Å². The number of nitrogens with one attached hydrogen (secondary N) is 1. The summed E-state index contributed by atoms with van der Waals surface area (Å²) in [6.07, 6.45) is 2.78. The first-order chi connectivity index (χ1) is 8.69. The van der Waals surface area contributed by atoms with Crippen LogP contribution in [0, 0.1) is 5.82 Å². The summed E-state index contributed by atoms with van der Waals surface area (Å²) in [5.74, 6) is -0.242. The molecule has 0 saturated carbocycles. The summed E-state index contributed by atoms with van der Waals surface area (Å²) in [6, 6.07) is 4.89. The van der Waals surface area contributed by atoms with E-state index in [1.54, 1.807) is 19.2 Å². The van der Waals surface area contributed by atoms with Crippen molar-refractivity contribution in [3.05, 3.63) is 34.6 Å². The van der Waals surface area contributed by atoms with Gasteiger partial charge in [-0.25, -0.2) is 4.39 Å². The SMILES string of the molecule is CCCNC(CCCOC)c1ccc(Cl)cc1F. The Morgan fingerprint density at radius 3 is 2.83 bits per heavy atom. The van der Waals surface area contributed by atoms with Gasteiger partial charge in [0.2, 0.25) is 0 Å². The Balaban J connectivity index is 2.73. The first kappa shape index (κ1) is 15.4. The molecule has 0 amide bonds. The maximum atomic E-state index is 13.9. The van der Waals surface area contributed by atoms with Crippen LogP contribution in [0.1, 0.15) is 37.8 Å². The largest absolute Gasteiger partial charge is 0.385 e. The van der Waals surface area contributed by atoms with E-state index in [0.717, 1.165) is 25.8 Å². The number of methoxy groups -OCH3 is 1. The van der Waals surface area contributed by atoms with Crippen molar-refractivity contribution in [1.82, 2.24) is 5.32 Å². The predicted molar refractivity (Wildman–Crippen MR) is 73.6 cm³/mol. The minimum Gasteiger partial charge on any atom is -0.385 e. The van der Waals surface area contributed by atoms with E-state index in [-0.39, 0.29) is 11.9 Å². The molecule has 1 N–H and O–H groups in total. The molecular weight excluding hydrogens is 253 g/mol. The molecule has 0 fully saturated rings. The molecule has 0 heterocycles. The third-order valence-electron chi connectivity index (χ3n) is 2.82. The quantitative estimate of drug-likeness (QED) is 0.724. The summed E-state index contributed by atoms with van der Waals surface area (Å²) in [6.45, 7) is 3.66. The third kappa shape index (κ3) is 4.92. The molecule has 18 heavy (non-hydrogen) atoms. The van der Waals surface area contributed by atoms with Gasteiger partial charge in [-0.05, 0) is 37.9 Å². The number of hydrogen-bond donors (Lipinski definition) is 1. The van der Waals surface area contributed by atoms with Crippen molar-refractivity contribution in [2.75, 3.05) is 20.3 Å². The zero-order valence-electron chi connectivity index (χ0n) is 11.0. The van der Waals surface area contributed by atoms with Crippen molar-refractivity contribution in [2.45, 2.75) is 32.2 Å². The highest BCUT2D eigenvalue weighted by molar-refractivity contribution is 6.30. The maximum Gasteiger partial charge on any atom is 0.129 e. The third-order valence-corrected chi connectivity index (χ3v) is 3.06. The highest BCUT2D eigenvalue weighted by Crippen LogP contribution is 2.24. The number of ether oxygens (including phenoxy) is 1. The number of rotatable bonds is 8. The van der Waals surface area contributed by atoms with E-state index in [1.165, 1.54) is 6.07 Å². The number of hydrogen-bond acceptors (Lipinski definition) is 2. The van der Waals surface area contributed by atoms with Crippen LogP contribution < -0.4 is 5.32 Å². The molecule has 0 aliphatic rings. The average Bonchev–Trinajstić information content (AvgIpc) is 2.34. The van der Waals surface area contributed by atoms with Gasteiger partial charge in [-0.15, -0.1) is 0 Å². The molecule has 1 aromatic rings. The standard InChI is InChI=1S/C14H21ClFNO/c1-3-8-17-14(5-4-9-18-2)12-7-6-11(15)10-13(12)16/h6-7,10,14,17H,3-5,8-9H2,1-2H3. The number of halogens is 2. The fourth-order valence-corrected chi connectivity index (χ4v) is 2.06. The van der Waals surface area contributed by atoms with E-state index in [1.807, 2.05) is 0 Å². The molecule has 2 nitrogen and oxygen atoms in total. The predicted octanol–water partition coefficient (Wildman–Crippen LogP) is 3.95. The summed E-state index contributed by atoms with van der Waals surface area (Å²) in [5, 5.41) is 3.80. The first-order valence-electron chi connectivity index (χ1n) is 6.36. The van der Waals surface area contributed by atoms with Crippen LogP contribution >= 0.6 is 11.6 Å². The van der Waals surface area contributed by atoms with Crippen LogP contribution in [-0.2, 0) is 4.74 Å². The van der Waals surface area contributed by atoms with E-state index in [9.17, 15) is 4.39 Å². The molecule has 1 unspecified atom stereocenters. The van der Waals surface area contributed by atoms with Gasteiger partial charge in [-0.2, -0.15) is 0 Å². The summed E-state index contributed by atoms with van der Waals surface area (Å²) in [7, 11) is 1.68. The van der Waals surface area contributed by atoms with Gasteiger partial charge in [-0.3, -0.25) is 0 Å². The normalized spacial score (nSPS) is 12.7. The Hall–Kier alpha value is -0.640. The molecule has 0 aliphatic carbocycles. The van der Waals surface area contributed by atoms with Crippen molar-refractivity contribution in [1.29, 1.82) is 0 Å². The lowest BCUT2D eigenvalue weighted by Gasteiger charge is -2.19. The second kappa shape index (κ2) is 8.46. The lowest BCUT2D eigenvalue weighted by atomic mass is 10.0. The Bertz CT molecular complexity index is 360. The van der Waals surface area contributed by atoms with Gasteiger partial charge in [0.05, 0.1) is 0 Å². The van der Waals surface area contributed by atoms with Crippen molar-refractivity contribution in [2.24, 2.45) is 0 Å². The van der Waals surface area contributed by atoms with Crippen LogP contribution in [0.2, 0.25) is 5.02 Å². The smallest absolute Gasteiger partial charge is 0.129 e. The van der Waals surface area contributed by atoms with Gasteiger partial charge in [0.15, 0.2) is 0 Å². The molecule has 102 valence electrons.